The summed E-state index contributed by atoms with van der Waals surface area (Å²) in [6.07, 6.45) is 1.77. The Bertz CT molecular complexity index is 1820. The average molecular weight is 708 g/mol. The molecule has 0 radical (unpaired) electrons. The predicted molar refractivity (Wildman–Crippen MR) is 186 cm³/mol. The zero-order valence-electron chi connectivity index (χ0n) is 26.5. The number of rotatable bonds is 18. The first-order valence-corrected chi connectivity index (χ1v) is 17.9. The van der Waals surface area contributed by atoms with Crippen molar-refractivity contribution in [3.8, 4) is 0 Å². The molecule has 0 spiro atoms. The summed E-state index contributed by atoms with van der Waals surface area (Å²) in [5.74, 6) is -3.00. The summed E-state index contributed by atoms with van der Waals surface area (Å²) in [7, 11) is -4.03. The van der Waals surface area contributed by atoms with Crippen LogP contribution in [0.1, 0.15) is 39.3 Å². The van der Waals surface area contributed by atoms with Gasteiger partial charge in [0.15, 0.2) is 11.0 Å². The first-order chi connectivity index (χ1) is 23.5. The number of Topliss-reactive ketones (excluding diaryl/α,β-unsaturated/α-hetero) is 1. The van der Waals surface area contributed by atoms with Gasteiger partial charge in [-0.2, -0.15) is 0 Å². The maximum atomic E-state index is 14.2. The second kappa shape index (κ2) is 18.0. The number of guanidine groups is 1. The van der Waals surface area contributed by atoms with Crippen molar-refractivity contribution in [3.63, 3.8) is 0 Å². The molecule has 4 rings (SSSR count). The molecule has 12 nitrogen and oxygen atoms in total. The van der Waals surface area contributed by atoms with E-state index in [1.165, 1.54) is 24.4 Å². The van der Waals surface area contributed by atoms with Gasteiger partial charge in [0.1, 0.15) is 17.9 Å². The lowest BCUT2D eigenvalue weighted by Gasteiger charge is -2.25. The van der Waals surface area contributed by atoms with Crippen LogP contribution in [0.2, 0.25) is 0 Å². The second-order valence-electron chi connectivity index (χ2n) is 11.2. The van der Waals surface area contributed by atoms with Crippen LogP contribution in [0.3, 0.4) is 0 Å². The molecule has 0 saturated heterocycles. The number of thiazole rings is 1. The van der Waals surface area contributed by atoms with E-state index in [9.17, 15) is 27.2 Å². The highest BCUT2D eigenvalue weighted by atomic mass is 32.2. The van der Waals surface area contributed by atoms with Crippen LogP contribution in [-0.2, 0) is 38.2 Å². The number of sulfonamides is 1. The standard InChI is InChI=1S/C34H38FN7O5S2/c35-26-14-7-13-25(19-26)21-28(31(44)40-27(15-8-16-39-34(36)37)30(43)33-38-17-18-48-33)41-32(45)29(20-23-9-3-1-4-10-23)42-49(46,47)22-24-11-5-2-6-12-24/h1-7,9-14,17-19,27-29,42H,8,15-16,20-22H2,(H,40,44)(H,41,45)(H4,36,37,39). The topological polar surface area (TPSA) is 199 Å². The van der Waals surface area contributed by atoms with Crippen molar-refractivity contribution >= 4 is 44.9 Å². The lowest BCUT2D eigenvalue weighted by Crippen LogP contribution is -2.57. The van der Waals surface area contributed by atoms with Crippen LogP contribution in [0, 0.1) is 5.82 Å². The SMILES string of the molecule is NC(N)=NCCCC(NC(=O)C(Cc1cccc(F)c1)NC(=O)C(Cc1ccccc1)NS(=O)(=O)Cc1ccccc1)C(=O)c1nccs1. The van der Waals surface area contributed by atoms with Crippen LogP contribution in [0.15, 0.2) is 101 Å². The molecule has 4 aromatic rings. The van der Waals surface area contributed by atoms with E-state index in [-0.39, 0.29) is 42.5 Å². The largest absolute Gasteiger partial charge is 0.370 e. The Morgan fingerprint density at radius 1 is 0.816 bits per heavy atom. The van der Waals surface area contributed by atoms with Gasteiger partial charge in [0.25, 0.3) is 0 Å². The number of aromatic nitrogens is 1. The molecule has 1 aromatic heterocycles. The Balaban J connectivity index is 1.60. The molecular weight excluding hydrogens is 670 g/mol. The van der Waals surface area contributed by atoms with Crippen LogP contribution < -0.4 is 26.8 Å². The Kier molecular flexibility index (Phi) is 13.5. The van der Waals surface area contributed by atoms with Gasteiger partial charge in [-0.25, -0.2) is 22.5 Å². The minimum atomic E-state index is -4.03. The second-order valence-corrected chi connectivity index (χ2v) is 13.9. The highest BCUT2D eigenvalue weighted by Crippen LogP contribution is 2.14. The van der Waals surface area contributed by atoms with Crippen LogP contribution in [-0.4, -0.2) is 61.6 Å². The number of nitrogens with two attached hydrogens (primary N) is 2. The number of aliphatic imine (C=N–C) groups is 1. The fourth-order valence-corrected chi connectivity index (χ4v) is 6.98. The number of benzene rings is 3. The molecule has 0 bridgehead atoms. The quantitative estimate of drug-likeness (QED) is 0.0450. The minimum Gasteiger partial charge on any atom is -0.370 e. The van der Waals surface area contributed by atoms with Gasteiger partial charge in [0.2, 0.25) is 27.6 Å². The predicted octanol–water partition coefficient (Wildman–Crippen LogP) is 2.46. The molecular formula is C34H38FN7O5S2. The van der Waals surface area contributed by atoms with Crippen molar-refractivity contribution in [2.75, 3.05) is 6.54 Å². The molecule has 3 aromatic carbocycles. The van der Waals surface area contributed by atoms with Gasteiger partial charge in [0, 0.05) is 24.5 Å². The van der Waals surface area contributed by atoms with Crippen molar-refractivity contribution in [1.82, 2.24) is 20.3 Å². The number of hydrogen-bond acceptors (Lipinski definition) is 8. The first-order valence-electron chi connectivity index (χ1n) is 15.4. The monoisotopic (exact) mass is 707 g/mol. The third-order valence-corrected chi connectivity index (χ3v) is 9.45. The van der Waals surface area contributed by atoms with E-state index in [1.54, 1.807) is 72.1 Å². The molecule has 3 unspecified atom stereocenters. The van der Waals surface area contributed by atoms with Crippen LogP contribution in [0.25, 0.3) is 0 Å². The van der Waals surface area contributed by atoms with E-state index in [0.717, 1.165) is 11.3 Å². The zero-order valence-corrected chi connectivity index (χ0v) is 28.1. The zero-order chi connectivity index (χ0) is 35.2. The molecule has 2 amide bonds. The minimum absolute atomic E-state index is 0.0229. The number of ketones is 1. The summed E-state index contributed by atoms with van der Waals surface area (Å²) in [5.41, 5.74) is 12.4. The highest BCUT2D eigenvalue weighted by Gasteiger charge is 2.32. The smallest absolute Gasteiger partial charge is 0.243 e. The van der Waals surface area contributed by atoms with E-state index in [4.69, 9.17) is 11.5 Å². The van der Waals surface area contributed by atoms with Crippen LogP contribution in [0.5, 0.6) is 0 Å². The maximum absolute atomic E-state index is 14.2. The number of carbonyl (C=O) groups is 3. The van der Waals surface area contributed by atoms with Crippen molar-refractivity contribution < 1.29 is 27.2 Å². The molecule has 3 atom stereocenters. The number of amides is 2. The lowest BCUT2D eigenvalue weighted by atomic mass is 10.0. The van der Waals surface area contributed by atoms with Gasteiger partial charge >= 0.3 is 0 Å². The molecule has 0 saturated carbocycles. The van der Waals surface area contributed by atoms with Crippen molar-refractivity contribution in [2.45, 2.75) is 49.6 Å². The number of nitrogens with zero attached hydrogens (tertiary/aromatic N) is 2. The number of halogens is 1. The van der Waals surface area contributed by atoms with Crippen molar-refractivity contribution in [3.05, 3.63) is 124 Å². The molecule has 258 valence electrons. The third-order valence-electron chi connectivity index (χ3n) is 7.30. The van der Waals surface area contributed by atoms with E-state index in [0.29, 0.717) is 23.1 Å². The first kappa shape index (κ1) is 36.8. The summed E-state index contributed by atoms with van der Waals surface area (Å²) in [6.45, 7) is 0.202. The summed E-state index contributed by atoms with van der Waals surface area (Å²) in [6, 6.07) is 19.1. The van der Waals surface area contributed by atoms with Crippen LogP contribution >= 0.6 is 11.3 Å². The van der Waals surface area contributed by atoms with Gasteiger partial charge in [-0.3, -0.25) is 19.4 Å². The van der Waals surface area contributed by atoms with E-state index >= 15 is 0 Å². The lowest BCUT2D eigenvalue weighted by molar-refractivity contribution is -0.130. The molecule has 0 fully saturated rings. The molecule has 15 heteroatoms. The fraction of sp³-hybridized carbons (Fsp3) is 0.265. The molecule has 1 heterocycles. The van der Waals surface area contributed by atoms with E-state index < -0.39 is 51.6 Å². The number of carbonyl (C=O) groups excluding carboxylic acids is 3. The average Bonchev–Trinajstić information content (AvgIpc) is 3.61. The Morgan fingerprint density at radius 3 is 2.06 bits per heavy atom. The Hall–Kier alpha value is -4.99. The van der Waals surface area contributed by atoms with Crippen molar-refractivity contribution in [1.29, 1.82) is 0 Å². The van der Waals surface area contributed by atoms with Gasteiger partial charge in [-0.1, -0.05) is 72.8 Å². The molecule has 0 aliphatic carbocycles. The molecule has 0 aliphatic heterocycles. The normalized spacial score (nSPS) is 13.1. The summed E-state index contributed by atoms with van der Waals surface area (Å²) in [4.78, 5) is 49.2. The Morgan fingerprint density at radius 2 is 1.43 bits per heavy atom. The number of hydrogen-bond donors (Lipinski definition) is 5. The van der Waals surface area contributed by atoms with E-state index in [1.807, 2.05) is 0 Å². The van der Waals surface area contributed by atoms with Crippen molar-refractivity contribution in [2.24, 2.45) is 16.5 Å². The molecule has 7 N–H and O–H groups in total. The third kappa shape index (κ3) is 12.2. The summed E-state index contributed by atoms with van der Waals surface area (Å²) < 4.78 is 43.2. The Labute approximate surface area is 288 Å². The maximum Gasteiger partial charge on any atom is 0.243 e. The number of nitrogens with one attached hydrogen (secondary N) is 3. The van der Waals surface area contributed by atoms with Gasteiger partial charge < -0.3 is 22.1 Å². The summed E-state index contributed by atoms with van der Waals surface area (Å²) >= 11 is 1.11. The van der Waals surface area contributed by atoms with E-state index in [2.05, 4.69) is 25.3 Å². The molecule has 49 heavy (non-hydrogen) atoms. The van der Waals surface area contributed by atoms with Gasteiger partial charge in [0.05, 0.1) is 11.8 Å². The summed E-state index contributed by atoms with van der Waals surface area (Å²) in [5, 5.41) is 7.20. The van der Waals surface area contributed by atoms with Gasteiger partial charge in [-0.05, 0) is 48.1 Å². The van der Waals surface area contributed by atoms with Gasteiger partial charge in [-0.15, -0.1) is 11.3 Å². The van der Waals surface area contributed by atoms with Crippen LogP contribution in [0.4, 0.5) is 4.39 Å². The highest BCUT2D eigenvalue weighted by molar-refractivity contribution is 7.88. The fourth-order valence-electron chi connectivity index (χ4n) is 5.01. The molecule has 0 aliphatic rings.